The van der Waals surface area contributed by atoms with Crippen LogP contribution in [0.3, 0.4) is 0 Å². The number of hydrogen-bond donors (Lipinski definition) is 1. The lowest BCUT2D eigenvalue weighted by atomic mass is 10.1. The summed E-state index contributed by atoms with van der Waals surface area (Å²) in [5, 5.41) is 0. The second-order valence-electron chi connectivity index (χ2n) is 4.16. The van der Waals surface area contributed by atoms with Gasteiger partial charge in [-0.2, -0.15) is 11.8 Å². The van der Waals surface area contributed by atoms with Crippen molar-refractivity contribution in [2.24, 2.45) is 5.73 Å². The highest BCUT2D eigenvalue weighted by molar-refractivity contribution is 7.98. The molecule has 3 heteroatoms. The van der Waals surface area contributed by atoms with Gasteiger partial charge in [0.15, 0.2) is 0 Å². The van der Waals surface area contributed by atoms with Crippen molar-refractivity contribution in [1.82, 2.24) is 0 Å². The third-order valence-electron chi connectivity index (χ3n) is 2.69. The predicted molar refractivity (Wildman–Crippen MR) is 75.9 cm³/mol. The molecule has 0 aliphatic heterocycles. The Morgan fingerprint density at radius 2 is 1.83 bits per heavy atom. The molecule has 0 radical (unpaired) electrons. The summed E-state index contributed by atoms with van der Waals surface area (Å²) in [6.45, 7) is 0. The largest absolute Gasteiger partial charge is 0.323 e. The standard InChI is InChI=1S/C15H16FNS/c16-14-8-4-7-13(9-14)15(17)11-18-10-12-5-2-1-3-6-12/h1-9,15H,10-11,17H2. The van der Waals surface area contributed by atoms with E-state index in [1.165, 1.54) is 17.7 Å². The molecular formula is C15H16FNS. The van der Waals surface area contributed by atoms with E-state index in [-0.39, 0.29) is 11.9 Å². The number of rotatable bonds is 5. The van der Waals surface area contributed by atoms with Crippen molar-refractivity contribution in [3.63, 3.8) is 0 Å². The minimum Gasteiger partial charge on any atom is -0.323 e. The van der Waals surface area contributed by atoms with Crippen LogP contribution >= 0.6 is 11.8 Å². The monoisotopic (exact) mass is 261 g/mol. The van der Waals surface area contributed by atoms with Crippen LogP contribution in [-0.2, 0) is 5.75 Å². The molecule has 0 aromatic heterocycles. The van der Waals surface area contributed by atoms with Crippen molar-refractivity contribution in [3.05, 3.63) is 71.5 Å². The van der Waals surface area contributed by atoms with Crippen LogP contribution in [0.15, 0.2) is 54.6 Å². The van der Waals surface area contributed by atoms with Gasteiger partial charge in [0.1, 0.15) is 5.82 Å². The van der Waals surface area contributed by atoms with E-state index in [0.717, 1.165) is 17.1 Å². The summed E-state index contributed by atoms with van der Waals surface area (Å²) in [5.74, 6) is 1.50. The summed E-state index contributed by atoms with van der Waals surface area (Å²) in [7, 11) is 0. The fraction of sp³-hybridized carbons (Fsp3) is 0.200. The SMILES string of the molecule is NC(CSCc1ccccc1)c1cccc(F)c1. The van der Waals surface area contributed by atoms with Crippen molar-refractivity contribution in [3.8, 4) is 0 Å². The Bertz CT molecular complexity index is 487. The van der Waals surface area contributed by atoms with Gasteiger partial charge in [-0.25, -0.2) is 4.39 Å². The molecule has 18 heavy (non-hydrogen) atoms. The van der Waals surface area contributed by atoms with Gasteiger partial charge < -0.3 is 5.73 Å². The van der Waals surface area contributed by atoms with Crippen molar-refractivity contribution in [2.75, 3.05) is 5.75 Å². The van der Waals surface area contributed by atoms with Gasteiger partial charge in [0.05, 0.1) is 0 Å². The zero-order chi connectivity index (χ0) is 12.8. The van der Waals surface area contributed by atoms with E-state index >= 15 is 0 Å². The maximum absolute atomic E-state index is 13.1. The molecule has 0 spiro atoms. The molecule has 0 saturated carbocycles. The molecular weight excluding hydrogens is 245 g/mol. The molecule has 0 amide bonds. The number of thioether (sulfide) groups is 1. The summed E-state index contributed by atoms with van der Waals surface area (Å²) >= 11 is 1.77. The van der Waals surface area contributed by atoms with E-state index in [1.54, 1.807) is 17.8 Å². The van der Waals surface area contributed by atoms with Gasteiger partial charge in [0, 0.05) is 17.5 Å². The normalized spacial score (nSPS) is 12.3. The minimum absolute atomic E-state index is 0.116. The molecule has 1 atom stereocenters. The van der Waals surface area contributed by atoms with Gasteiger partial charge >= 0.3 is 0 Å². The van der Waals surface area contributed by atoms with E-state index in [0.29, 0.717) is 0 Å². The smallest absolute Gasteiger partial charge is 0.123 e. The Labute approximate surface area is 111 Å². The zero-order valence-corrected chi connectivity index (χ0v) is 10.9. The van der Waals surface area contributed by atoms with Crippen LogP contribution < -0.4 is 5.73 Å². The Balaban J connectivity index is 1.83. The highest BCUT2D eigenvalue weighted by Gasteiger charge is 2.06. The topological polar surface area (TPSA) is 26.0 Å². The summed E-state index contributed by atoms with van der Waals surface area (Å²) in [5.41, 5.74) is 8.18. The number of nitrogens with two attached hydrogens (primary N) is 1. The van der Waals surface area contributed by atoms with Crippen molar-refractivity contribution < 1.29 is 4.39 Å². The van der Waals surface area contributed by atoms with Gasteiger partial charge in [0.25, 0.3) is 0 Å². The molecule has 0 aliphatic carbocycles. The van der Waals surface area contributed by atoms with Gasteiger partial charge in [0.2, 0.25) is 0 Å². The van der Waals surface area contributed by atoms with Gasteiger partial charge in [-0.3, -0.25) is 0 Å². The lowest BCUT2D eigenvalue weighted by Gasteiger charge is -2.11. The first-order valence-corrected chi connectivity index (χ1v) is 7.04. The zero-order valence-electron chi connectivity index (χ0n) is 10.1. The van der Waals surface area contributed by atoms with E-state index in [9.17, 15) is 4.39 Å². The molecule has 2 rings (SSSR count). The van der Waals surface area contributed by atoms with Crippen LogP contribution in [0.1, 0.15) is 17.2 Å². The van der Waals surface area contributed by atoms with Crippen LogP contribution in [-0.4, -0.2) is 5.75 Å². The quantitative estimate of drug-likeness (QED) is 0.887. The summed E-state index contributed by atoms with van der Waals surface area (Å²) in [6, 6.07) is 16.7. The van der Waals surface area contributed by atoms with Crippen LogP contribution in [0.4, 0.5) is 4.39 Å². The highest BCUT2D eigenvalue weighted by atomic mass is 32.2. The van der Waals surface area contributed by atoms with Gasteiger partial charge in [-0.1, -0.05) is 42.5 Å². The van der Waals surface area contributed by atoms with E-state index < -0.39 is 0 Å². The maximum atomic E-state index is 13.1. The summed E-state index contributed by atoms with van der Waals surface area (Å²) in [4.78, 5) is 0. The minimum atomic E-state index is -0.226. The molecule has 2 N–H and O–H groups in total. The van der Waals surface area contributed by atoms with Crippen molar-refractivity contribution in [2.45, 2.75) is 11.8 Å². The van der Waals surface area contributed by atoms with E-state index in [2.05, 4.69) is 12.1 Å². The second kappa shape index (κ2) is 6.57. The van der Waals surface area contributed by atoms with E-state index in [4.69, 9.17) is 5.73 Å². The van der Waals surface area contributed by atoms with Crippen LogP contribution in [0.2, 0.25) is 0 Å². The molecule has 1 unspecified atom stereocenters. The van der Waals surface area contributed by atoms with Crippen molar-refractivity contribution in [1.29, 1.82) is 0 Å². The number of halogens is 1. The highest BCUT2D eigenvalue weighted by Crippen LogP contribution is 2.19. The average Bonchev–Trinajstić information content (AvgIpc) is 2.40. The molecule has 0 heterocycles. The number of hydrogen-bond acceptors (Lipinski definition) is 2. The maximum Gasteiger partial charge on any atom is 0.123 e. The third-order valence-corrected chi connectivity index (χ3v) is 3.82. The Kier molecular flexibility index (Phi) is 4.79. The molecule has 94 valence electrons. The van der Waals surface area contributed by atoms with Crippen LogP contribution in [0.25, 0.3) is 0 Å². The molecule has 0 aliphatic rings. The first kappa shape index (κ1) is 13.1. The molecule has 0 fully saturated rings. The Morgan fingerprint density at radius 3 is 2.56 bits per heavy atom. The molecule has 2 aromatic rings. The van der Waals surface area contributed by atoms with E-state index in [1.807, 2.05) is 24.3 Å². The lowest BCUT2D eigenvalue weighted by Crippen LogP contribution is -2.13. The molecule has 2 aromatic carbocycles. The van der Waals surface area contributed by atoms with Crippen LogP contribution in [0.5, 0.6) is 0 Å². The lowest BCUT2D eigenvalue weighted by molar-refractivity contribution is 0.622. The van der Waals surface area contributed by atoms with Crippen molar-refractivity contribution >= 4 is 11.8 Å². The average molecular weight is 261 g/mol. The second-order valence-corrected chi connectivity index (χ2v) is 5.19. The predicted octanol–water partition coefficient (Wildman–Crippen LogP) is 3.76. The van der Waals surface area contributed by atoms with Gasteiger partial charge in [-0.15, -0.1) is 0 Å². The first-order valence-electron chi connectivity index (χ1n) is 5.88. The Morgan fingerprint density at radius 1 is 1.06 bits per heavy atom. The fourth-order valence-electron chi connectivity index (χ4n) is 1.71. The summed E-state index contributed by atoms with van der Waals surface area (Å²) in [6.07, 6.45) is 0. The van der Waals surface area contributed by atoms with Crippen LogP contribution in [0, 0.1) is 5.82 Å². The molecule has 1 nitrogen and oxygen atoms in total. The Hall–Kier alpha value is -1.32. The third kappa shape index (κ3) is 3.86. The molecule has 0 bridgehead atoms. The summed E-state index contributed by atoms with van der Waals surface area (Å²) < 4.78 is 13.1. The molecule has 0 saturated heterocycles. The fourth-order valence-corrected chi connectivity index (χ4v) is 2.70. The number of benzene rings is 2. The van der Waals surface area contributed by atoms with Gasteiger partial charge in [-0.05, 0) is 23.3 Å². The first-order chi connectivity index (χ1) is 8.75.